The normalized spacial score (nSPS) is 10.9. The molecule has 1 N–H and O–H groups in total. The number of hydrogen-bond acceptors (Lipinski definition) is 4. The highest BCUT2D eigenvalue weighted by molar-refractivity contribution is 6.42. The van der Waals surface area contributed by atoms with Crippen molar-refractivity contribution in [2.24, 2.45) is 0 Å². The second kappa shape index (κ2) is 8.40. The smallest absolute Gasteiger partial charge is 0.270 e. The van der Waals surface area contributed by atoms with Gasteiger partial charge in [-0.3, -0.25) is 4.79 Å². The third kappa shape index (κ3) is 4.09. The van der Waals surface area contributed by atoms with E-state index < -0.39 is 0 Å². The fourth-order valence-corrected chi connectivity index (χ4v) is 2.70. The van der Waals surface area contributed by atoms with Crippen molar-refractivity contribution >= 4 is 29.1 Å². The number of hydrogen-bond donors (Lipinski definition) is 1. The maximum Gasteiger partial charge on any atom is 0.270 e. The zero-order chi connectivity index (χ0) is 18.5. The summed E-state index contributed by atoms with van der Waals surface area (Å²) in [6.45, 7) is 1.07. The van der Waals surface area contributed by atoms with Gasteiger partial charge in [0.1, 0.15) is 11.4 Å². The van der Waals surface area contributed by atoms with Gasteiger partial charge in [-0.2, -0.15) is 5.10 Å². The number of nitrogens with one attached hydrogen (secondary N) is 1. The Labute approximate surface area is 160 Å². The average Bonchev–Trinajstić information content (AvgIpc) is 3.30. The molecule has 26 heavy (non-hydrogen) atoms. The van der Waals surface area contributed by atoms with Crippen LogP contribution in [-0.4, -0.2) is 35.9 Å². The van der Waals surface area contributed by atoms with Gasteiger partial charge in [-0.05, 0) is 36.8 Å². The molecule has 2 heterocycles. The molecule has 8 heteroatoms. The van der Waals surface area contributed by atoms with Gasteiger partial charge in [-0.15, -0.1) is 0 Å². The maximum absolute atomic E-state index is 12.6. The Morgan fingerprint density at radius 1 is 1.27 bits per heavy atom. The van der Waals surface area contributed by atoms with Crippen molar-refractivity contribution in [3.8, 4) is 17.1 Å². The number of furan rings is 1. The van der Waals surface area contributed by atoms with Crippen LogP contribution in [0.4, 0.5) is 0 Å². The van der Waals surface area contributed by atoms with Crippen molar-refractivity contribution in [2.45, 2.75) is 6.42 Å². The minimum Gasteiger partial charge on any atom is -0.463 e. The van der Waals surface area contributed by atoms with Crippen LogP contribution in [0.5, 0.6) is 0 Å². The predicted molar refractivity (Wildman–Crippen MR) is 100 cm³/mol. The number of carbonyl (C=O) groups excluding carboxylic acids is 1. The van der Waals surface area contributed by atoms with Crippen LogP contribution in [0.25, 0.3) is 17.1 Å². The van der Waals surface area contributed by atoms with Crippen LogP contribution in [0.3, 0.4) is 0 Å². The summed E-state index contributed by atoms with van der Waals surface area (Å²) in [6.07, 6.45) is 2.27. The van der Waals surface area contributed by atoms with E-state index in [1.54, 1.807) is 49.8 Å². The molecule has 0 aliphatic rings. The summed E-state index contributed by atoms with van der Waals surface area (Å²) in [5, 5.41) is 8.16. The Balaban J connectivity index is 1.95. The molecular weight excluding hydrogens is 377 g/mol. The number of halogens is 2. The van der Waals surface area contributed by atoms with Gasteiger partial charge in [0.25, 0.3) is 5.91 Å². The van der Waals surface area contributed by atoms with E-state index in [0.29, 0.717) is 52.5 Å². The van der Waals surface area contributed by atoms with Gasteiger partial charge >= 0.3 is 0 Å². The van der Waals surface area contributed by atoms with Crippen molar-refractivity contribution in [1.82, 2.24) is 15.1 Å². The molecule has 0 aliphatic heterocycles. The molecule has 0 atom stereocenters. The van der Waals surface area contributed by atoms with Gasteiger partial charge in [-0.25, -0.2) is 4.68 Å². The number of carbonyl (C=O) groups is 1. The number of aromatic nitrogens is 2. The third-order valence-corrected chi connectivity index (χ3v) is 4.41. The van der Waals surface area contributed by atoms with Gasteiger partial charge in [-0.1, -0.05) is 23.2 Å². The summed E-state index contributed by atoms with van der Waals surface area (Å²) in [7, 11) is 1.62. The lowest BCUT2D eigenvalue weighted by atomic mass is 10.2. The van der Waals surface area contributed by atoms with E-state index >= 15 is 0 Å². The van der Waals surface area contributed by atoms with Crippen LogP contribution in [0.15, 0.2) is 47.1 Å². The largest absolute Gasteiger partial charge is 0.463 e. The van der Waals surface area contributed by atoms with E-state index in [-0.39, 0.29) is 5.91 Å². The van der Waals surface area contributed by atoms with Gasteiger partial charge in [0.2, 0.25) is 0 Å². The molecule has 0 unspecified atom stereocenters. The minimum absolute atomic E-state index is 0.252. The van der Waals surface area contributed by atoms with E-state index in [2.05, 4.69) is 10.4 Å². The fraction of sp³-hybridized carbons (Fsp3) is 0.222. The molecule has 0 saturated carbocycles. The number of methoxy groups -OCH3 is 1. The number of ether oxygens (including phenoxy) is 1. The zero-order valence-corrected chi connectivity index (χ0v) is 15.5. The predicted octanol–water partition coefficient (Wildman–Crippen LogP) is 4.21. The molecule has 0 aliphatic carbocycles. The summed E-state index contributed by atoms with van der Waals surface area (Å²) >= 11 is 12.1. The number of benzene rings is 1. The molecule has 136 valence electrons. The number of amides is 1. The monoisotopic (exact) mass is 393 g/mol. The van der Waals surface area contributed by atoms with Crippen molar-refractivity contribution in [3.63, 3.8) is 0 Å². The summed E-state index contributed by atoms with van der Waals surface area (Å²) in [6, 6.07) is 10.3. The molecule has 1 aromatic carbocycles. The number of nitrogens with zero attached hydrogens (tertiary/aromatic N) is 2. The lowest BCUT2D eigenvalue weighted by molar-refractivity contribution is 0.0941. The number of rotatable bonds is 7. The van der Waals surface area contributed by atoms with E-state index in [1.165, 1.54) is 4.68 Å². The Morgan fingerprint density at radius 2 is 2.12 bits per heavy atom. The molecule has 3 rings (SSSR count). The minimum atomic E-state index is -0.252. The van der Waals surface area contributed by atoms with Crippen LogP contribution >= 0.6 is 23.2 Å². The molecule has 0 spiro atoms. The van der Waals surface area contributed by atoms with E-state index in [9.17, 15) is 4.79 Å². The Morgan fingerprint density at radius 3 is 2.81 bits per heavy atom. The Hall–Kier alpha value is -2.28. The van der Waals surface area contributed by atoms with E-state index in [0.717, 1.165) is 0 Å². The van der Waals surface area contributed by atoms with E-state index in [4.69, 9.17) is 32.4 Å². The molecule has 1 amide bonds. The van der Waals surface area contributed by atoms with E-state index in [1.807, 2.05) is 0 Å². The highest BCUT2D eigenvalue weighted by Gasteiger charge is 2.19. The lowest BCUT2D eigenvalue weighted by Gasteiger charge is -2.09. The summed E-state index contributed by atoms with van der Waals surface area (Å²) in [5.74, 6) is 0.315. The summed E-state index contributed by atoms with van der Waals surface area (Å²) < 4.78 is 11.9. The maximum atomic E-state index is 12.6. The second-order valence-corrected chi connectivity index (χ2v) is 6.32. The summed E-state index contributed by atoms with van der Waals surface area (Å²) in [4.78, 5) is 12.6. The first-order chi connectivity index (χ1) is 12.6. The van der Waals surface area contributed by atoms with Crippen molar-refractivity contribution in [1.29, 1.82) is 0 Å². The molecule has 0 saturated heterocycles. The lowest BCUT2D eigenvalue weighted by Crippen LogP contribution is -2.27. The highest BCUT2D eigenvalue weighted by Crippen LogP contribution is 2.27. The second-order valence-electron chi connectivity index (χ2n) is 5.50. The zero-order valence-electron chi connectivity index (χ0n) is 14.0. The first-order valence-corrected chi connectivity index (χ1v) is 8.72. The molecule has 0 bridgehead atoms. The molecular formula is C18H17Cl2N3O3. The van der Waals surface area contributed by atoms with Gasteiger partial charge in [0.05, 0.1) is 22.0 Å². The van der Waals surface area contributed by atoms with Crippen LogP contribution in [-0.2, 0) is 4.74 Å². The highest BCUT2D eigenvalue weighted by atomic mass is 35.5. The fourth-order valence-electron chi connectivity index (χ4n) is 2.41. The Bertz CT molecular complexity index is 891. The topological polar surface area (TPSA) is 69.3 Å². The van der Waals surface area contributed by atoms with Crippen molar-refractivity contribution in [3.05, 3.63) is 58.4 Å². The molecule has 0 radical (unpaired) electrons. The quantitative estimate of drug-likeness (QED) is 0.610. The van der Waals surface area contributed by atoms with Gasteiger partial charge < -0.3 is 14.5 Å². The molecule has 6 nitrogen and oxygen atoms in total. The van der Waals surface area contributed by atoms with Crippen LogP contribution < -0.4 is 5.32 Å². The summed E-state index contributed by atoms with van der Waals surface area (Å²) in [5.41, 5.74) is 1.54. The molecule has 0 fully saturated rings. The first-order valence-electron chi connectivity index (χ1n) is 7.96. The average molecular weight is 394 g/mol. The van der Waals surface area contributed by atoms with Crippen molar-refractivity contribution in [2.75, 3.05) is 20.3 Å². The Kier molecular flexibility index (Phi) is 5.98. The first kappa shape index (κ1) is 18.5. The van der Waals surface area contributed by atoms with Crippen LogP contribution in [0, 0.1) is 0 Å². The SMILES string of the molecule is COCCCNC(=O)c1cc(-c2ccco2)nn1-c1ccc(Cl)c(Cl)c1. The van der Waals surface area contributed by atoms with Crippen molar-refractivity contribution < 1.29 is 13.9 Å². The molecule has 3 aromatic rings. The van der Waals surface area contributed by atoms with Gasteiger partial charge in [0.15, 0.2) is 5.76 Å². The molecule has 2 aromatic heterocycles. The standard InChI is InChI=1S/C18H17Cl2N3O3/c1-25-8-3-7-21-18(24)16-11-15(17-4-2-9-26-17)22-23(16)12-5-6-13(19)14(20)10-12/h2,4-6,9-11H,3,7-8H2,1H3,(H,21,24). The van der Waals surface area contributed by atoms with Crippen LogP contribution in [0.2, 0.25) is 10.0 Å². The van der Waals surface area contributed by atoms with Gasteiger partial charge in [0, 0.05) is 26.3 Å². The van der Waals surface area contributed by atoms with Crippen LogP contribution in [0.1, 0.15) is 16.9 Å². The third-order valence-electron chi connectivity index (χ3n) is 3.67.